The number of hydrogen-bond acceptors (Lipinski definition) is 3. The molecule has 6 heteroatoms. The molecule has 0 aliphatic heterocycles. The van der Waals surface area contributed by atoms with Crippen LogP contribution >= 0.6 is 0 Å². The highest BCUT2D eigenvalue weighted by Crippen LogP contribution is 2.27. The molecule has 0 heterocycles. The molecule has 0 radical (unpaired) electrons. The van der Waals surface area contributed by atoms with Crippen LogP contribution in [0.25, 0.3) is 0 Å². The lowest BCUT2D eigenvalue weighted by Gasteiger charge is -2.30. The number of nitrogens with zero attached hydrogens (tertiary/aromatic N) is 1. The SMILES string of the molecule is CCC(=O)Nc1cccc(C(=O)N(Cc2ccccc2)C(C)c2cccc(NC(C)=O)c2)c1. The zero-order chi connectivity index (χ0) is 23.8. The fraction of sp³-hybridized carbons (Fsp3) is 0.222. The fourth-order valence-electron chi connectivity index (χ4n) is 3.57. The highest BCUT2D eigenvalue weighted by atomic mass is 16.2. The van der Waals surface area contributed by atoms with Gasteiger partial charge in [-0.05, 0) is 48.4 Å². The van der Waals surface area contributed by atoms with Crippen molar-refractivity contribution in [2.75, 3.05) is 10.6 Å². The molecule has 0 aliphatic rings. The van der Waals surface area contributed by atoms with Gasteiger partial charge in [0.15, 0.2) is 0 Å². The fourth-order valence-corrected chi connectivity index (χ4v) is 3.57. The predicted molar refractivity (Wildman–Crippen MR) is 131 cm³/mol. The molecule has 3 amide bonds. The van der Waals surface area contributed by atoms with E-state index in [0.717, 1.165) is 11.1 Å². The van der Waals surface area contributed by atoms with Crippen molar-refractivity contribution in [2.45, 2.75) is 39.8 Å². The molecule has 170 valence electrons. The largest absolute Gasteiger partial charge is 0.328 e. The Kier molecular flexibility index (Phi) is 7.97. The Morgan fingerprint density at radius 1 is 0.848 bits per heavy atom. The van der Waals surface area contributed by atoms with Gasteiger partial charge < -0.3 is 15.5 Å². The molecule has 2 N–H and O–H groups in total. The minimum Gasteiger partial charge on any atom is -0.328 e. The van der Waals surface area contributed by atoms with Crippen LogP contribution in [0.3, 0.4) is 0 Å². The minimum absolute atomic E-state index is 0.108. The van der Waals surface area contributed by atoms with Gasteiger partial charge in [-0.15, -0.1) is 0 Å². The van der Waals surface area contributed by atoms with Crippen molar-refractivity contribution in [3.05, 3.63) is 95.6 Å². The van der Waals surface area contributed by atoms with Crippen molar-refractivity contribution in [3.63, 3.8) is 0 Å². The number of benzene rings is 3. The molecule has 3 rings (SSSR count). The molecular weight excluding hydrogens is 414 g/mol. The highest BCUT2D eigenvalue weighted by molar-refractivity contribution is 5.97. The maximum Gasteiger partial charge on any atom is 0.254 e. The van der Waals surface area contributed by atoms with Crippen LogP contribution in [0.15, 0.2) is 78.9 Å². The maximum absolute atomic E-state index is 13.7. The number of nitrogens with one attached hydrogen (secondary N) is 2. The predicted octanol–water partition coefficient (Wildman–Crippen LogP) is 5.40. The first-order chi connectivity index (χ1) is 15.9. The number of carbonyl (C=O) groups excluding carboxylic acids is 3. The summed E-state index contributed by atoms with van der Waals surface area (Å²) in [5.41, 5.74) is 3.67. The molecule has 0 aliphatic carbocycles. The lowest BCUT2D eigenvalue weighted by Crippen LogP contribution is -2.33. The number of hydrogen-bond donors (Lipinski definition) is 2. The molecule has 3 aromatic rings. The Hall–Kier alpha value is -3.93. The van der Waals surface area contributed by atoms with Gasteiger partial charge >= 0.3 is 0 Å². The van der Waals surface area contributed by atoms with Crippen LogP contribution in [-0.4, -0.2) is 22.6 Å². The average molecular weight is 444 g/mol. The second-order valence-corrected chi connectivity index (χ2v) is 7.88. The lowest BCUT2D eigenvalue weighted by molar-refractivity contribution is -0.116. The average Bonchev–Trinajstić information content (AvgIpc) is 2.82. The molecule has 0 bridgehead atoms. The van der Waals surface area contributed by atoms with Crippen molar-refractivity contribution in [3.8, 4) is 0 Å². The van der Waals surface area contributed by atoms with Crippen molar-refractivity contribution < 1.29 is 14.4 Å². The summed E-state index contributed by atoms with van der Waals surface area (Å²) < 4.78 is 0. The van der Waals surface area contributed by atoms with E-state index in [1.54, 1.807) is 36.1 Å². The summed E-state index contributed by atoms with van der Waals surface area (Å²) in [4.78, 5) is 38.8. The van der Waals surface area contributed by atoms with E-state index < -0.39 is 0 Å². The number of rotatable bonds is 8. The zero-order valence-electron chi connectivity index (χ0n) is 19.2. The van der Waals surface area contributed by atoms with Gasteiger partial charge in [0.25, 0.3) is 5.91 Å². The highest BCUT2D eigenvalue weighted by Gasteiger charge is 2.24. The first kappa shape index (κ1) is 23.7. The van der Waals surface area contributed by atoms with Crippen LogP contribution < -0.4 is 10.6 Å². The van der Waals surface area contributed by atoms with E-state index >= 15 is 0 Å². The van der Waals surface area contributed by atoms with Crippen LogP contribution in [0.5, 0.6) is 0 Å². The Labute approximate surface area is 194 Å². The molecular formula is C27H29N3O3. The van der Waals surface area contributed by atoms with Crippen LogP contribution in [0.2, 0.25) is 0 Å². The maximum atomic E-state index is 13.7. The molecule has 3 aromatic carbocycles. The third-order valence-electron chi connectivity index (χ3n) is 5.33. The van der Waals surface area contributed by atoms with Gasteiger partial charge in [-0.3, -0.25) is 14.4 Å². The molecule has 33 heavy (non-hydrogen) atoms. The van der Waals surface area contributed by atoms with Crippen molar-refractivity contribution >= 4 is 29.1 Å². The van der Waals surface area contributed by atoms with E-state index in [1.807, 2.05) is 61.5 Å². The molecule has 0 fully saturated rings. The van der Waals surface area contributed by atoms with Gasteiger partial charge in [-0.2, -0.15) is 0 Å². The lowest BCUT2D eigenvalue weighted by atomic mass is 10.0. The van der Waals surface area contributed by atoms with Crippen molar-refractivity contribution in [2.24, 2.45) is 0 Å². The quantitative estimate of drug-likeness (QED) is 0.489. The third-order valence-corrected chi connectivity index (χ3v) is 5.33. The van der Waals surface area contributed by atoms with Gasteiger partial charge in [0.2, 0.25) is 11.8 Å². The first-order valence-corrected chi connectivity index (χ1v) is 11.0. The molecule has 0 spiro atoms. The Morgan fingerprint density at radius 3 is 2.18 bits per heavy atom. The van der Waals surface area contributed by atoms with E-state index in [-0.39, 0.29) is 23.8 Å². The van der Waals surface area contributed by atoms with Crippen LogP contribution in [-0.2, 0) is 16.1 Å². The number of amides is 3. The Bertz CT molecular complexity index is 1130. The summed E-state index contributed by atoms with van der Waals surface area (Å²) in [6.07, 6.45) is 0.361. The second-order valence-electron chi connectivity index (χ2n) is 7.88. The second kappa shape index (κ2) is 11.1. The van der Waals surface area contributed by atoms with Crippen molar-refractivity contribution in [1.82, 2.24) is 4.90 Å². The molecule has 6 nitrogen and oxygen atoms in total. The van der Waals surface area contributed by atoms with Gasteiger partial charge in [-0.1, -0.05) is 55.5 Å². The Morgan fingerprint density at radius 2 is 1.52 bits per heavy atom. The Balaban J connectivity index is 1.94. The van der Waals surface area contributed by atoms with E-state index in [2.05, 4.69) is 10.6 Å². The molecule has 0 saturated heterocycles. The minimum atomic E-state index is -0.264. The van der Waals surface area contributed by atoms with Crippen LogP contribution in [0, 0.1) is 0 Å². The van der Waals surface area contributed by atoms with Gasteiger partial charge in [0.05, 0.1) is 6.04 Å². The normalized spacial score (nSPS) is 11.4. The molecule has 1 atom stereocenters. The van der Waals surface area contributed by atoms with E-state index in [4.69, 9.17) is 0 Å². The van der Waals surface area contributed by atoms with Gasteiger partial charge in [0, 0.05) is 36.8 Å². The van der Waals surface area contributed by atoms with Gasteiger partial charge in [0.1, 0.15) is 0 Å². The number of anilines is 2. The zero-order valence-corrected chi connectivity index (χ0v) is 19.2. The smallest absolute Gasteiger partial charge is 0.254 e. The summed E-state index contributed by atoms with van der Waals surface area (Å²) >= 11 is 0. The summed E-state index contributed by atoms with van der Waals surface area (Å²) in [5, 5.41) is 5.61. The van der Waals surface area contributed by atoms with Crippen LogP contribution in [0.1, 0.15) is 54.7 Å². The third kappa shape index (κ3) is 6.53. The molecule has 0 saturated carbocycles. The summed E-state index contributed by atoms with van der Waals surface area (Å²) in [5.74, 6) is -0.407. The molecule has 1 unspecified atom stereocenters. The standard InChI is InChI=1S/C27H29N3O3/c1-4-26(32)29-25-15-9-13-23(17-25)27(33)30(18-21-10-6-5-7-11-21)19(2)22-12-8-14-24(16-22)28-20(3)31/h5-17,19H,4,18H2,1-3H3,(H,28,31)(H,29,32). The van der Waals surface area contributed by atoms with E-state index in [1.165, 1.54) is 6.92 Å². The van der Waals surface area contributed by atoms with Crippen molar-refractivity contribution in [1.29, 1.82) is 0 Å². The number of carbonyl (C=O) groups is 3. The topological polar surface area (TPSA) is 78.5 Å². The molecule has 0 aromatic heterocycles. The summed E-state index contributed by atoms with van der Waals surface area (Å²) in [6.45, 7) is 5.63. The van der Waals surface area contributed by atoms with Gasteiger partial charge in [-0.25, -0.2) is 0 Å². The van der Waals surface area contributed by atoms with E-state index in [9.17, 15) is 14.4 Å². The van der Waals surface area contributed by atoms with Crippen LogP contribution in [0.4, 0.5) is 11.4 Å². The first-order valence-electron chi connectivity index (χ1n) is 11.0. The summed E-state index contributed by atoms with van der Waals surface area (Å²) in [6, 6.07) is 24.0. The monoisotopic (exact) mass is 443 g/mol. The summed E-state index contributed by atoms with van der Waals surface area (Å²) in [7, 11) is 0. The van der Waals surface area contributed by atoms with E-state index in [0.29, 0.717) is 29.9 Å².